The van der Waals surface area contributed by atoms with E-state index in [4.69, 9.17) is 9.47 Å². The molecule has 3 rings (SSSR count). The molecule has 0 aromatic rings. The van der Waals surface area contributed by atoms with Gasteiger partial charge >= 0.3 is 11.9 Å². The van der Waals surface area contributed by atoms with Crippen LogP contribution in [0.15, 0.2) is 35.5 Å². The van der Waals surface area contributed by atoms with Gasteiger partial charge in [0.1, 0.15) is 12.2 Å². The fourth-order valence-electron chi connectivity index (χ4n) is 3.93. The van der Waals surface area contributed by atoms with Crippen LogP contribution in [-0.4, -0.2) is 24.1 Å². The number of ether oxygens (including phenoxy) is 2. The summed E-state index contributed by atoms with van der Waals surface area (Å²) < 4.78 is 11.0. The molecule has 4 nitrogen and oxygen atoms in total. The van der Waals surface area contributed by atoms with Crippen LogP contribution < -0.4 is 0 Å². The Labute approximate surface area is 143 Å². The van der Waals surface area contributed by atoms with E-state index in [2.05, 4.69) is 19.6 Å². The number of allylic oxidation sites excluding steroid dienone is 2. The van der Waals surface area contributed by atoms with Gasteiger partial charge in [-0.25, -0.2) is 4.79 Å². The van der Waals surface area contributed by atoms with Gasteiger partial charge in [-0.05, 0) is 52.0 Å². The first-order valence-corrected chi connectivity index (χ1v) is 8.87. The van der Waals surface area contributed by atoms with Gasteiger partial charge in [0.15, 0.2) is 0 Å². The summed E-state index contributed by atoms with van der Waals surface area (Å²) in [6.07, 6.45) is 8.98. The lowest BCUT2D eigenvalue weighted by molar-refractivity contribution is -0.144. The fraction of sp³-hybridized carbons (Fsp3) is 0.600. The van der Waals surface area contributed by atoms with Gasteiger partial charge in [0.05, 0.1) is 5.92 Å². The molecular formula is C20H26O4. The third kappa shape index (κ3) is 3.63. The lowest BCUT2D eigenvalue weighted by Gasteiger charge is -2.17. The van der Waals surface area contributed by atoms with Gasteiger partial charge in [-0.1, -0.05) is 23.8 Å². The van der Waals surface area contributed by atoms with E-state index in [1.54, 1.807) is 0 Å². The van der Waals surface area contributed by atoms with Crippen molar-refractivity contribution >= 4 is 11.9 Å². The van der Waals surface area contributed by atoms with Gasteiger partial charge in [0, 0.05) is 17.9 Å². The summed E-state index contributed by atoms with van der Waals surface area (Å²) in [5, 5.41) is 0. The molecular weight excluding hydrogens is 304 g/mol. The number of rotatable bonds is 0. The molecule has 0 saturated carbocycles. The molecule has 2 aliphatic heterocycles. The molecule has 0 aromatic heterocycles. The maximum Gasteiger partial charge on any atom is 0.334 e. The molecule has 2 saturated heterocycles. The Morgan fingerprint density at radius 1 is 1.12 bits per heavy atom. The highest BCUT2D eigenvalue weighted by atomic mass is 16.6. The van der Waals surface area contributed by atoms with Gasteiger partial charge in [-0.2, -0.15) is 0 Å². The first-order chi connectivity index (χ1) is 11.4. The van der Waals surface area contributed by atoms with E-state index in [1.807, 2.05) is 13.0 Å². The second-order valence-corrected chi connectivity index (χ2v) is 7.38. The summed E-state index contributed by atoms with van der Waals surface area (Å²) in [5.74, 6) is -0.288. The largest absolute Gasteiger partial charge is 0.462 e. The number of hydrogen-bond donors (Lipinski definition) is 0. The average molecular weight is 330 g/mol. The maximum absolute atomic E-state index is 12.0. The van der Waals surface area contributed by atoms with E-state index in [-0.39, 0.29) is 36.0 Å². The van der Waals surface area contributed by atoms with Gasteiger partial charge in [0.25, 0.3) is 0 Å². The number of carbonyl (C=O) groups excluding carboxylic acids is 2. The van der Waals surface area contributed by atoms with Crippen molar-refractivity contribution in [2.24, 2.45) is 11.8 Å². The van der Waals surface area contributed by atoms with Gasteiger partial charge in [0.2, 0.25) is 0 Å². The van der Waals surface area contributed by atoms with Crippen LogP contribution in [0.25, 0.3) is 0 Å². The first kappa shape index (κ1) is 17.0. The van der Waals surface area contributed by atoms with Crippen LogP contribution in [0.5, 0.6) is 0 Å². The Bertz CT molecular complexity index is 613. The molecule has 2 fully saturated rings. The summed E-state index contributed by atoms with van der Waals surface area (Å²) in [7, 11) is 0. The molecule has 0 radical (unpaired) electrons. The minimum atomic E-state index is -0.285. The molecule has 0 spiro atoms. The summed E-state index contributed by atoms with van der Waals surface area (Å²) in [6.45, 7) is 8.05. The van der Waals surface area contributed by atoms with Crippen molar-refractivity contribution in [3.8, 4) is 0 Å². The second-order valence-electron chi connectivity index (χ2n) is 7.38. The number of esters is 2. The van der Waals surface area contributed by atoms with Crippen molar-refractivity contribution in [3.63, 3.8) is 0 Å². The highest BCUT2D eigenvalue weighted by molar-refractivity contribution is 5.91. The maximum atomic E-state index is 12.0. The minimum Gasteiger partial charge on any atom is -0.462 e. The Hall–Kier alpha value is -1.84. The van der Waals surface area contributed by atoms with Crippen LogP contribution in [-0.2, 0) is 19.1 Å². The summed E-state index contributed by atoms with van der Waals surface area (Å²) in [4.78, 5) is 23.9. The summed E-state index contributed by atoms with van der Waals surface area (Å²) >= 11 is 0. The number of hydrogen-bond acceptors (Lipinski definition) is 4. The SMILES string of the molecule is C=C1C(=O)O[C@H]2/C=C(\C)C[C@H]3C[C@H](CC/C=C(\C)CC[C@H]12)C(=O)O3. The third-order valence-corrected chi connectivity index (χ3v) is 5.37. The van der Waals surface area contributed by atoms with Crippen molar-refractivity contribution in [2.75, 3.05) is 0 Å². The standard InChI is InChI=1S/C20H26O4/c1-12-5-4-6-15-11-16(23-20(15)22)9-13(2)10-18-17(8-7-12)14(3)19(21)24-18/h5,10,15-18H,3-4,6-9,11H2,1-2H3/b12-5+,13-10+/t15-,16-,17+,18-/m0/s1. The fourth-order valence-corrected chi connectivity index (χ4v) is 3.93. The molecule has 0 N–H and O–H groups in total. The highest BCUT2D eigenvalue weighted by Crippen LogP contribution is 2.35. The van der Waals surface area contributed by atoms with Gasteiger partial charge in [-0.15, -0.1) is 0 Å². The van der Waals surface area contributed by atoms with Crippen LogP contribution in [0.2, 0.25) is 0 Å². The molecule has 24 heavy (non-hydrogen) atoms. The third-order valence-electron chi connectivity index (χ3n) is 5.37. The normalized spacial score (nSPS) is 39.0. The van der Waals surface area contributed by atoms with Crippen LogP contribution in [0.4, 0.5) is 0 Å². The van der Waals surface area contributed by atoms with Crippen LogP contribution in [0.1, 0.15) is 52.4 Å². The molecule has 130 valence electrons. The molecule has 2 heterocycles. The Kier molecular flexibility index (Phi) is 4.93. The number of carbonyl (C=O) groups is 2. The molecule has 3 aliphatic rings. The van der Waals surface area contributed by atoms with E-state index in [9.17, 15) is 9.59 Å². The van der Waals surface area contributed by atoms with Crippen molar-refractivity contribution in [1.29, 1.82) is 0 Å². The van der Waals surface area contributed by atoms with Crippen molar-refractivity contribution in [1.82, 2.24) is 0 Å². The molecule has 1 aliphatic carbocycles. The van der Waals surface area contributed by atoms with E-state index >= 15 is 0 Å². The first-order valence-electron chi connectivity index (χ1n) is 8.87. The Balaban J connectivity index is 1.83. The molecule has 0 unspecified atom stereocenters. The van der Waals surface area contributed by atoms with Gasteiger partial charge in [-0.3, -0.25) is 4.79 Å². The van der Waals surface area contributed by atoms with E-state index in [0.29, 0.717) is 12.0 Å². The van der Waals surface area contributed by atoms with Crippen molar-refractivity contribution in [2.45, 2.75) is 64.6 Å². The summed E-state index contributed by atoms with van der Waals surface area (Å²) in [6, 6.07) is 0. The Morgan fingerprint density at radius 2 is 1.92 bits per heavy atom. The van der Waals surface area contributed by atoms with Crippen LogP contribution in [0.3, 0.4) is 0 Å². The van der Waals surface area contributed by atoms with Crippen molar-refractivity contribution in [3.05, 3.63) is 35.5 Å². The smallest absolute Gasteiger partial charge is 0.334 e. The minimum absolute atomic E-state index is 0.0200. The Morgan fingerprint density at radius 3 is 2.71 bits per heavy atom. The lowest BCUT2D eigenvalue weighted by atomic mass is 9.88. The van der Waals surface area contributed by atoms with E-state index in [1.165, 1.54) is 5.57 Å². The quantitative estimate of drug-likeness (QED) is 0.384. The van der Waals surface area contributed by atoms with Gasteiger partial charge < -0.3 is 9.47 Å². The molecule has 0 aromatic carbocycles. The lowest BCUT2D eigenvalue weighted by Crippen LogP contribution is -2.16. The zero-order valence-corrected chi connectivity index (χ0v) is 14.5. The van der Waals surface area contributed by atoms with E-state index in [0.717, 1.165) is 37.7 Å². The zero-order chi connectivity index (χ0) is 17.3. The molecule has 4 heteroatoms. The van der Waals surface area contributed by atoms with Crippen LogP contribution >= 0.6 is 0 Å². The van der Waals surface area contributed by atoms with Crippen LogP contribution in [0, 0.1) is 11.8 Å². The monoisotopic (exact) mass is 330 g/mol. The second kappa shape index (κ2) is 6.96. The predicted octanol–water partition coefficient (Wildman–Crippen LogP) is 3.87. The topological polar surface area (TPSA) is 52.6 Å². The molecule has 2 bridgehead atoms. The predicted molar refractivity (Wildman–Crippen MR) is 91.1 cm³/mol. The number of fused-ring (bicyclic) bond motifs is 3. The highest BCUT2D eigenvalue weighted by Gasteiger charge is 2.38. The summed E-state index contributed by atoms with van der Waals surface area (Å²) in [5.41, 5.74) is 2.98. The molecule has 4 atom stereocenters. The van der Waals surface area contributed by atoms with E-state index < -0.39 is 0 Å². The molecule has 0 amide bonds. The zero-order valence-electron chi connectivity index (χ0n) is 14.5. The van der Waals surface area contributed by atoms with Crippen molar-refractivity contribution < 1.29 is 19.1 Å². The average Bonchev–Trinajstić information content (AvgIpc) is 2.97.